The van der Waals surface area contributed by atoms with Gasteiger partial charge in [0.15, 0.2) is 0 Å². The normalized spacial score (nSPS) is 11.3. The lowest BCUT2D eigenvalue weighted by Gasteiger charge is -2.11. The molecule has 0 spiro atoms. The van der Waals surface area contributed by atoms with Crippen LogP contribution in [0.1, 0.15) is 26.7 Å². The number of nitrogens with one attached hydrogen (secondary N) is 2. The van der Waals surface area contributed by atoms with Crippen LogP contribution in [0.15, 0.2) is 76.3 Å². The Kier molecular flexibility index (Phi) is 6.97. The number of halogens is 1. The first-order valence-corrected chi connectivity index (χ1v) is 11.2. The predicted molar refractivity (Wildman–Crippen MR) is 128 cm³/mol. The number of hydrogen-bond donors (Lipinski definition) is 2. The van der Waals surface area contributed by atoms with Gasteiger partial charge in [-0.1, -0.05) is 53.2 Å². The number of nitrogens with zero attached hydrogens (tertiary/aromatic N) is 2. The second-order valence-corrected chi connectivity index (χ2v) is 8.40. The molecule has 33 heavy (non-hydrogen) atoms. The number of aromatic nitrogens is 2. The topological polar surface area (TPSA) is 97.1 Å². The van der Waals surface area contributed by atoms with Gasteiger partial charge in [-0.15, -0.1) is 11.3 Å². The standard InChI is InChI=1S/C24H19ClN4O3S/c1-15-7-2-3-9-17(15)23(30)27-20(13-16-8-6-12-33-16)24(31)26-14-21-28-22(29-32-21)18-10-4-5-11-19(18)25/h2-13H,14H2,1H3,(H,26,31)(H,27,30)/b20-13-. The molecule has 0 bridgehead atoms. The molecule has 0 radical (unpaired) electrons. The fraction of sp³-hybridized carbons (Fsp3) is 0.0833. The predicted octanol–water partition coefficient (Wildman–Crippen LogP) is 4.85. The number of aryl methyl sites for hydroxylation is 1. The third-order valence-electron chi connectivity index (χ3n) is 4.70. The van der Waals surface area contributed by atoms with Gasteiger partial charge in [-0.25, -0.2) is 0 Å². The fourth-order valence-corrected chi connectivity index (χ4v) is 3.90. The zero-order valence-electron chi connectivity index (χ0n) is 17.5. The van der Waals surface area contributed by atoms with E-state index in [4.69, 9.17) is 16.1 Å². The Balaban J connectivity index is 1.49. The zero-order chi connectivity index (χ0) is 23.2. The van der Waals surface area contributed by atoms with Crippen LogP contribution in [0, 0.1) is 6.92 Å². The minimum atomic E-state index is -0.483. The Morgan fingerprint density at radius 2 is 1.88 bits per heavy atom. The molecule has 166 valence electrons. The summed E-state index contributed by atoms with van der Waals surface area (Å²) in [6.45, 7) is 1.82. The van der Waals surface area contributed by atoms with E-state index in [1.165, 1.54) is 11.3 Å². The third kappa shape index (κ3) is 5.54. The van der Waals surface area contributed by atoms with Gasteiger partial charge < -0.3 is 15.2 Å². The number of hydrogen-bond acceptors (Lipinski definition) is 6. The van der Waals surface area contributed by atoms with Crippen LogP contribution in [0.25, 0.3) is 17.5 Å². The summed E-state index contributed by atoms with van der Waals surface area (Å²) in [5.74, 6) is -0.321. The molecule has 4 aromatic rings. The van der Waals surface area contributed by atoms with E-state index in [1.54, 1.807) is 36.4 Å². The molecule has 7 nitrogen and oxygen atoms in total. The van der Waals surface area contributed by atoms with E-state index < -0.39 is 5.91 Å². The molecule has 4 rings (SSSR count). The largest absolute Gasteiger partial charge is 0.342 e. The summed E-state index contributed by atoms with van der Waals surface area (Å²) in [7, 11) is 0. The molecule has 0 aliphatic heterocycles. The average Bonchev–Trinajstić information content (AvgIpc) is 3.50. The SMILES string of the molecule is Cc1ccccc1C(=O)N/C(=C\c1cccs1)C(=O)NCc1nc(-c2ccccc2Cl)no1. The van der Waals surface area contributed by atoms with Gasteiger partial charge in [-0.2, -0.15) is 4.98 Å². The fourth-order valence-electron chi connectivity index (χ4n) is 3.02. The maximum atomic E-state index is 12.9. The number of carbonyl (C=O) groups excluding carboxylic acids is 2. The molecular formula is C24H19ClN4O3S. The van der Waals surface area contributed by atoms with Gasteiger partial charge in [0.05, 0.1) is 11.6 Å². The monoisotopic (exact) mass is 478 g/mol. The van der Waals surface area contributed by atoms with Crippen LogP contribution in [0.5, 0.6) is 0 Å². The van der Waals surface area contributed by atoms with Crippen LogP contribution >= 0.6 is 22.9 Å². The van der Waals surface area contributed by atoms with Crippen molar-refractivity contribution in [2.75, 3.05) is 0 Å². The first-order chi connectivity index (χ1) is 16.0. The molecule has 0 aliphatic carbocycles. The van der Waals surface area contributed by atoms with Crippen molar-refractivity contribution in [3.63, 3.8) is 0 Å². The second-order valence-electron chi connectivity index (χ2n) is 7.02. The summed E-state index contributed by atoms with van der Waals surface area (Å²) in [5.41, 5.74) is 2.04. The highest BCUT2D eigenvalue weighted by Crippen LogP contribution is 2.24. The first kappa shape index (κ1) is 22.4. The number of amides is 2. The molecule has 0 atom stereocenters. The minimum Gasteiger partial charge on any atom is -0.342 e. The van der Waals surface area contributed by atoms with E-state index in [1.807, 2.05) is 42.6 Å². The van der Waals surface area contributed by atoms with Crippen LogP contribution in [0.3, 0.4) is 0 Å². The molecule has 2 amide bonds. The van der Waals surface area contributed by atoms with E-state index in [2.05, 4.69) is 20.8 Å². The molecule has 2 aromatic carbocycles. The Hall–Kier alpha value is -3.75. The summed E-state index contributed by atoms with van der Waals surface area (Å²) < 4.78 is 5.24. The van der Waals surface area contributed by atoms with Crippen molar-refractivity contribution in [3.8, 4) is 11.4 Å². The van der Waals surface area contributed by atoms with Crippen molar-refractivity contribution in [3.05, 3.63) is 98.7 Å². The molecule has 0 saturated heterocycles. The van der Waals surface area contributed by atoms with Gasteiger partial charge in [0.25, 0.3) is 11.8 Å². The van der Waals surface area contributed by atoms with Crippen molar-refractivity contribution < 1.29 is 14.1 Å². The van der Waals surface area contributed by atoms with Gasteiger partial charge in [-0.3, -0.25) is 9.59 Å². The van der Waals surface area contributed by atoms with E-state index in [9.17, 15) is 9.59 Å². The maximum absolute atomic E-state index is 12.9. The highest BCUT2D eigenvalue weighted by Gasteiger charge is 2.18. The van der Waals surface area contributed by atoms with Gasteiger partial charge in [0.2, 0.25) is 11.7 Å². The van der Waals surface area contributed by atoms with E-state index >= 15 is 0 Å². The quantitative estimate of drug-likeness (QED) is 0.370. The molecular weight excluding hydrogens is 460 g/mol. The Bertz CT molecular complexity index is 1310. The lowest BCUT2D eigenvalue weighted by atomic mass is 10.1. The highest BCUT2D eigenvalue weighted by molar-refractivity contribution is 7.10. The number of rotatable bonds is 7. The second kappa shape index (κ2) is 10.2. The summed E-state index contributed by atoms with van der Waals surface area (Å²) in [5, 5.41) is 11.7. The number of thiophene rings is 1. The molecule has 2 N–H and O–H groups in total. The van der Waals surface area contributed by atoms with E-state index in [0.717, 1.165) is 10.4 Å². The Labute approximate surface area is 199 Å². The van der Waals surface area contributed by atoms with Crippen LogP contribution in [-0.2, 0) is 11.3 Å². The van der Waals surface area contributed by atoms with Gasteiger partial charge in [0, 0.05) is 16.0 Å². The number of benzene rings is 2. The van der Waals surface area contributed by atoms with Gasteiger partial charge in [-0.05, 0) is 48.2 Å². The summed E-state index contributed by atoms with van der Waals surface area (Å²) in [6, 6.07) is 18.0. The smallest absolute Gasteiger partial charge is 0.268 e. The Morgan fingerprint density at radius 3 is 2.64 bits per heavy atom. The van der Waals surface area contributed by atoms with Crippen LogP contribution in [0.4, 0.5) is 0 Å². The lowest BCUT2D eigenvalue weighted by molar-refractivity contribution is -0.118. The highest BCUT2D eigenvalue weighted by atomic mass is 35.5. The van der Waals surface area contributed by atoms with Crippen molar-refractivity contribution in [1.29, 1.82) is 0 Å². The zero-order valence-corrected chi connectivity index (χ0v) is 19.1. The van der Waals surface area contributed by atoms with Crippen LogP contribution < -0.4 is 10.6 Å². The van der Waals surface area contributed by atoms with Crippen molar-refractivity contribution in [2.24, 2.45) is 0 Å². The van der Waals surface area contributed by atoms with Crippen molar-refractivity contribution >= 4 is 40.8 Å². The van der Waals surface area contributed by atoms with Crippen molar-refractivity contribution in [2.45, 2.75) is 13.5 Å². The lowest BCUT2D eigenvalue weighted by Crippen LogP contribution is -2.34. The minimum absolute atomic E-state index is 0.0156. The maximum Gasteiger partial charge on any atom is 0.268 e. The first-order valence-electron chi connectivity index (χ1n) is 9.99. The summed E-state index contributed by atoms with van der Waals surface area (Å²) in [6.07, 6.45) is 1.62. The Morgan fingerprint density at radius 1 is 1.09 bits per heavy atom. The van der Waals surface area contributed by atoms with Crippen LogP contribution in [-0.4, -0.2) is 22.0 Å². The average molecular weight is 479 g/mol. The molecule has 0 fully saturated rings. The summed E-state index contributed by atoms with van der Waals surface area (Å²) >= 11 is 7.63. The van der Waals surface area contributed by atoms with Gasteiger partial charge in [0.1, 0.15) is 5.70 Å². The van der Waals surface area contributed by atoms with Gasteiger partial charge >= 0.3 is 0 Å². The molecule has 2 aromatic heterocycles. The van der Waals surface area contributed by atoms with Crippen LogP contribution in [0.2, 0.25) is 5.02 Å². The van der Waals surface area contributed by atoms with E-state index in [0.29, 0.717) is 22.0 Å². The molecule has 0 unspecified atom stereocenters. The van der Waals surface area contributed by atoms with E-state index in [-0.39, 0.29) is 24.0 Å². The summed E-state index contributed by atoms with van der Waals surface area (Å²) in [4.78, 5) is 30.8. The van der Waals surface area contributed by atoms with Crippen molar-refractivity contribution in [1.82, 2.24) is 20.8 Å². The molecule has 9 heteroatoms. The molecule has 0 aliphatic rings. The molecule has 0 saturated carbocycles. The number of carbonyl (C=O) groups is 2. The molecule has 2 heterocycles. The third-order valence-corrected chi connectivity index (χ3v) is 5.84.